The Morgan fingerprint density at radius 1 is 1.24 bits per heavy atom. The van der Waals surface area contributed by atoms with Crippen LogP contribution in [0.15, 0.2) is 24.3 Å². The summed E-state index contributed by atoms with van der Waals surface area (Å²) >= 11 is 6.11. The molecule has 1 heterocycles. The summed E-state index contributed by atoms with van der Waals surface area (Å²) in [5.74, 6) is 0.575. The third kappa shape index (κ3) is 2.74. The summed E-state index contributed by atoms with van der Waals surface area (Å²) < 4.78 is 1.59. The first-order valence-corrected chi connectivity index (χ1v) is 5.67. The van der Waals surface area contributed by atoms with E-state index in [1.54, 1.807) is 10.7 Å². The summed E-state index contributed by atoms with van der Waals surface area (Å²) in [6.45, 7) is 6.12. The highest BCUT2D eigenvalue weighted by Gasteiger charge is 2.16. The second-order valence-corrected chi connectivity index (χ2v) is 5.15. The molecule has 0 radical (unpaired) electrons. The van der Waals surface area contributed by atoms with Gasteiger partial charge in [0.25, 0.3) is 0 Å². The zero-order chi connectivity index (χ0) is 12.5. The Labute approximate surface area is 105 Å². The first kappa shape index (κ1) is 11.9. The molecule has 2 aromatic rings. The summed E-state index contributed by atoms with van der Waals surface area (Å²) in [6, 6.07) is 7.43. The Bertz CT molecular complexity index is 515. The molecule has 1 aromatic carbocycles. The van der Waals surface area contributed by atoms with Crippen LogP contribution in [0.4, 0.5) is 5.95 Å². The van der Waals surface area contributed by atoms with Crippen LogP contribution in [0.1, 0.15) is 20.8 Å². The highest BCUT2D eigenvalue weighted by Crippen LogP contribution is 2.22. The van der Waals surface area contributed by atoms with Crippen LogP contribution in [0.3, 0.4) is 0 Å². The number of halogens is 1. The number of benzene rings is 1. The first-order chi connectivity index (χ1) is 7.97. The summed E-state index contributed by atoms with van der Waals surface area (Å²) in [5, 5.41) is 15.4. The van der Waals surface area contributed by atoms with Crippen LogP contribution in [-0.2, 0) is 0 Å². The number of hydrogen-bond donors (Lipinski definition) is 1. The molecule has 0 aliphatic rings. The molecule has 2 rings (SSSR count). The number of hydrogen-bond acceptors (Lipinski definition) is 4. The molecule has 1 N–H and O–H groups in total. The van der Waals surface area contributed by atoms with Gasteiger partial charge in [-0.3, -0.25) is 0 Å². The van der Waals surface area contributed by atoms with E-state index in [0.717, 1.165) is 5.69 Å². The van der Waals surface area contributed by atoms with Crippen molar-refractivity contribution in [1.82, 2.24) is 20.2 Å². The number of nitrogens with zero attached hydrogens (tertiary/aromatic N) is 4. The first-order valence-electron chi connectivity index (χ1n) is 5.29. The van der Waals surface area contributed by atoms with Gasteiger partial charge in [-0.05, 0) is 43.3 Å². The maximum absolute atomic E-state index is 6.11. The molecule has 0 atom stereocenters. The quantitative estimate of drug-likeness (QED) is 0.891. The Morgan fingerprint density at radius 2 is 1.94 bits per heavy atom. The molecule has 0 unspecified atom stereocenters. The molecule has 0 amide bonds. The second-order valence-electron chi connectivity index (χ2n) is 4.74. The Balaban J connectivity index is 2.41. The lowest BCUT2D eigenvalue weighted by Crippen LogP contribution is -2.28. The third-order valence-corrected chi connectivity index (χ3v) is 2.36. The van der Waals surface area contributed by atoms with Crippen LogP contribution in [-0.4, -0.2) is 25.7 Å². The van der Waals surface area contributed by atoms with E-state index < -0.39 is 0 Å². The average Bonchev–Trinajstić information content (AvgIpc) is 2.64. The van der Waals surface area contributed by atoms with Gasteiger partial charge in [-0.2, -0.15) is 4.68 Å². The van der Waals surface area contributed by atoms with Crippen molar-refractivity contribution in [1.29, 1.82) is 0 Å². The summed E-state index contributed by atoms with van der Waals surface area (Å²) in [4.78, 5) is 0. The molecule has 0 aliphatic heterocycles. The number of aromatic nitrogens is 4. The topological polar surface area (TPSA) is 55.6 Å². The van der Waals surface area contributed by atoms with Crippen molar-refractivity contribution < 1.29 is 0 Å². The molecular formula is C11H14ClN5. The van der Waals surface area contributed by atoms with Crippen LogP contribution in [0.5, 0.6) is 0 Å². The zero-order valence-electron chi connectivity index (χ0n) is 9.98. The van der Waals surface area contributed by atoms with Crippen LogP contribution < -0.4 is 5.32 Å². The van der Waals surface area contributed by atoms with Crippen molar-refractivity contribution in [2.75, 3.05) is 5.32 Å². The molecule has 17 heavy (non-hydrogen) atoms. The van der Waals surface area contributed by atoms with E-state index in [4.69, 9.17) is 11.6 Å². The lowest BCUT2D eigenvalue weighted by Gasteiger charge is -2.20. The van der Waals surface area contributed by atoms with Gasteiger partial charge in [-0.25, -0.2) is 0 Å². The van der Waals surface area contributed by atoms with Gasteiger partial charge in [0, 0.05) is 5.54 Å². The van der Waals surface area contributed by atoms with Crippen molar-refractivity contribution in [2.24, 2.45) is 0 Å². The largest absolute Gasteiger partial charge is 0.348 e. The van der Waals surface area contributed by atoms with Gasteiger partial charge in [-0.1, -0.05) is 28.8 Å². The van der Waals surface area contributed by atoms with E-state index >= 15 is 0 Å². The van der Waals surface area contributed by atoms with Crippen molar-refractivity contribution in [2.45, 2.75) is 26.3 Å². The fourth-order valence-electron chi connectivity index (χ4n) is 1.39. The number of rotatable bonds is 2. The molecule has 0 saturated heterocycles. The summed E-state index contributed by atoms with van der Waals surface area (Å²) in [7, 11) is 0. The van der Waals surface area contributed by atoms with Crippen LogP contribution in [0.2, 0.25) is 5.02 Å². The fraction of sp³-hybridized carbons (Fsp3) is 0.364. The predicted octanol–water partition coefficient (Wildman–Crippen LogP) is 2.53. The van der Waals surface area contributed by atoms with Crippen molar-refractivity contribution >= 4 is 17.5 Å². The van der Waals surface area contributed by atoms with E-state index in [0.29, 0.717) is 11.0 Å². The molecule has 0 bridgehead atoms. The lowest BCUT2D eigenvalue weighted by molar-refractivity contribution is 0.621. The van der Waals surface area contributed by atoms with Crippen LogP contribution >= 0.6 is 11.6 Å². The number of tetrazole rings is 1. The van der Waals surface area contributed by atoms with Crippen molar-refractivity contribution in [3.63, 3.8) is 0 Å². The zero-order valence-corrected chi connectivity index (χ0v) is 10.7. The van der Waals surface area contributed by atoms with Crippen LogP contribution in [0.25, 0.3) is 5.69 Å². The highest BCUT2D eigenvalue weighted by atomic mass is 35.5. The van der Waals surface area contributed by atoms with Crippen LogP contribution in [0, 0.1) is 0 Å². The highest BCUT2D eigenvalue weighted by molar-refractivity contribution is 6.32. The monoisotopic (exact) mass is 251 g/mol. The van der Waals surface area contributed by atoms with E-state index in [-0.39, 0.29) is 5.54 Å². The van der Waals surface area contributed by atoms with Gasteiger partial charge < -0.3 is 5.32 Å². The Morgan fingerprint density at radius 3 is 2.59 bits per heavy atom. The van der Waals surface area contributed by atoms with Gasteiger partial charge in [-0.15, -0.1) is 0 Å². The van der Waals surface area contributed by atoms with E-state index in [2.05, 4.69) is 20.8 Å². The minimum Gasteiger partial charge on any atom is -0.348 e. The van der Waals surface area contributed by atoms with E-state index in [9.17, 15) is 0 Å². The van der Waals surface area contributed by atoms with Gasteiger partial charge >= 0.3 is 0 Å². The third-order valence-electron chi connectivity index (χ3n) is 2.04. The molecule has 90 valence electrons. The smallest absolute Gasteiger partial charge is 0.248 e. The number of para-hydroxylation sites is 1. The SMILES string of the molecule is CC(C)(C)Nc1nnnn1-c1ccccc1Cl. The average molecular weight is 252 g/mol. The maximum atomic E-state index is 6.11. The minimum atomic E-state index is -0.117. The maximum Gasteiger partial charge on any atom is 0.248 e. The standard InChI is InChI=1S/C11H14ClN5/c1-11(2,3)13-10-14-15-16-17(10)9-7-5-4-6-8(9)12/h4-7H,1-3H3,(H,13,14,16). The van der Waals surface area contributed by atoms with Gasteiger partial charge in [0.2, 0.25) is 5.95 Å². The van der Waals surface area contributed by atoms with Crippen molar-refractivity contribution in [3.8, 4) is 5.69 Å². The normalized spacial score (nSPS) is 11.5. The number of nitrogens with one attached hydrogen (secondary N) is 1. The van der Waals surface area contributed by atoms with Gasteiger partial charge in [0.15, 0.2) is 0 Å². The molecule has 0 spiro atoms. The summed E-state index contributed by atoms with van der Waals surface area (Å²) in [5.41, 5.74) is 0.638. The Hall–Kier alpha value is -1.62. The molecule has 0 aliphatic carbocycles. The molecular weight excluding hydrogens is 238 g/mol. The summed E-state index contributed by atoms with van der Waals surface area (Å²) in [6.07, 6.45) is 0. The molecule has 1 aromatic heterocycles. The van der Waals surface area contributed by atoms with Gasteiger partial charge in [0.1, 0.15) is 0 Å². The van der Waals surface area contributed by atoms with E-state index in [1.165, 1.54) is 0 Å². The lowest BCUT2D eigenvalue weighted by atomic mass is 10.1. The molecule has 0 saturated carbocycles. The van der Waals surface area contributed by atoms with Gasteiger partial charge in [0.05, 0.1) is 10.7 Å². The number of anilines is 1. The molecule has 5 nitrogen and oxygen atoms in total. The fourth-order valence-corrected chi connectivity index (χ4v) is 1.60. The predicted molar refractivity (Wildman–Crippen MR) is 67.5 cm³/mol. The van der Waals surface area contributed by atoms with E-state index in [1.807, 2.05) is 39.0 Å². The molecule has 6 heteroatoms. The Kier molecular flexibility index (Phi) is 3.02. The minimum absolute atomic E-state index is 0.117. The molecule has 0 fully saturated rings. The van der Waals surface area contributed by atoms with Crippen molar-refractivity contribution in [3.05, 3.63) is 29.3 Å². The second kappa shape index (κ2) is 4.33.